The minimum atomic E-state index is 0.0150. The maximum absolute atomic E-state index is 11.8. The first-order chi connectivity index (χ1) is 8.22. The van der Waals surface area contributed by atoms with Crippen molar-refractivity contribution < 1.29 is 14.3 Å². The van der Waals surface area contributed by atoms with Crippen molar-refractivity contribution in [2.45, 2.75) is 19.3 Å². The standard InChI is InChI=1S/C13H15NO3/c1-16-12-7-6-10(9-13(12)17-2)11(15)5-3-4-8-14/h6-7,9H,3-5H2,1-2H3. The highest BCUT2D eigenvalue weighted by atomic mass is 16.5. The number of ketones is 1. The topological polar surface area (TPSA) is 59.3 Å². The van der Waals surface area contributed by atoms with Crippen LogP contribution in [0.1, 0.15) is 29.6 Å². The average molecular weight is 233 g/mol. The van der Waals surface area contributed by atoms with Gasteiger partial charge in [0, 0.05) is 18.4 Å². The van der Waals surface area contributed by atoms with Crippen LogP contribution in [0.5, 0.6) is 11.5 Å². The van der Waals surface area contributed by atoms with Crippen molar-refractivity contribution in [2.75, 3.05) is 14.2 Å². The number of carbonyl (C=O) groups is 1. The maximum atomic E-state index is 11.8. The van der Waals surface area contributed by atoms with Gasteiger partial charge in [-0.15, -0.1) is 0 Å². The van der Waals surface area contributed by atoms with Gasteiger partial charge in [-0.3, -0.25) is 4.79 Å². The lowest BCUT2D eigenvalue weighted by Crippen LogP contribution is -2.00. The van der Waals surface area contributed by atoms with Crippen LogP contribution in [-0.4, -0.2) is 20.0 Å². The largest absolute Gasteiger partial charge is 0.493 e. The second-order valence-electron chi connectivity index (χ2n) is 3.50. The van der Waals surface area contributed by atoms with Gasteiger partial charge in [-0.2, -0.15) is 5.26 Å². The molecule has 17 heavy (non-hydrogen) atoms. The van der Waals surface area contributed by atoms with Crippen molar-refractivity contribution in [1.29, 1.82) is 5.26 Å². The second-order valence-corrected chi connectivity index (χ2v) is 3.50. The maximum Gasteiger partial charge on any atom is 0.163 e. The first-order valence-electron chi connectivity index (χ1n) is 5.35. The Bertz CT molecular complexity index is 435. The summed E-state index contributed by atoms with van der Waals surface area (Å²) in [5, 5.41) is 8.40. The molecule has 0 saturated carbocycles. The summed E-state index contributed by atoms with van der Waals surface area (Å²) >= 11 is 0. The summed E-state index contributed by atoms with van der Waals surface area (Å²) in [5.74, 6) is 1.15. The zero-order chi connectivity index (χ0) is 12.7. The van der Waals surface area contributed by atoms with Crippen molar-refractivity contribution in [3.8, 4) is 17.6 Å². The summed E-state index contributed by atoms with van der Waals surface area (Å²) in [6.45, 7) is 0. The molecular formula is C13H15NO3. The van der Waals surface area contributed by atoms with Crippen molar-refractivity contribution in [1.82, 2.24) is 0 Å². The molecule has 0 aromatic heterocycles. The summed E-state index contributed by atoms with van der Waals surface area (Å²) in [6, 6.07) is 7.09. The van der Waals surface area contributed by atoms with E-state index in [1.165, 1.54) is 7.11 Å². The number of Topliss-reactive ketones (excluding diaryl/α,β-unsaturated/α-hetero) is 1. The van der Waals surface area contributed by atoms with E-state index in [2.05, 4.69) is 0 Å². The van der Waals surface area contributed by atoms with Crippen molar-refractivity contribution in [3.05, 3.63) is 23.8 Å². The van der Waals surface area contributed by atoms with Crippen LogP contribution in [0.15, 0.2) is 18.2 Å². The van der Waals surface area contributed by atoms with Gasteiger partial charge < -0.3 is 9.47 Å². The van der Waals surface area contributed by atoms with E-state index < -0.39 is 0 Å². The highest BCUT2D eigenvalue weighted by Gasteiger charge is 2.10. The molecule has 0 spiro atoms. The van der Waals surface area contributed by atoms with Crippen LogP contribution < -0.4 is 9.47 Å². The van der Waals surface area contributed by atoms with Crippen LogP contribution in [0.2, 0.25) is 0 Å². The fourth-order valence-corrected chi connectivity index (χ4v) is 1.48. The summed E-state index contributed by atoms with van der Waals surface area (Å²) in [6.07, 6.45) is 1.37. The predicted molar refractivity (Wildman–Crippen MR) is 63.3 cm³/mol. The molecule has 1 aromatic rings. The third-order valence-corrected chi connectivity index (χ3v) is 2.40. The number of unbranched alkanes of at least 4 members (excludes halogenated alkanes) is 1. The number of rotatable bonds is 6. The van der Waals surface area contributed by atoms with E-state index in [0.29, 0.717) is 36.3 Å². The molecule has 0 N–H and O–H groups in total. The first-order valence-corrected chi connectivity index (χ1v) is 5.35. The Morgan fingerprint density at radius 3 is 2.59 bits per heavy atom. The van der Waals surface area contributed by atoms with Gasteiger partial charge in [0.25, 0.3) is 0 Å². The van der Waals surface area contributed by atoms with E-state index in [1.807, 2.05) is 6.07 Å². The minimum Gasteiger partial charge on any atom is -0.493 e. The Morgan fingerprint density at radius 1 is 1.29 bits per heavy atom. The van der Waals surface area contributed by atoms with Gasteiger partial charge in [0.2, 0.25) is 0 Å². The van der Waals surface area contributed by atoms with Crippen molar-refractivity contribution >= 4 is 5.78 Å². The monoisotopic (exact) mass is 233 g/mol. The first kappa shape index (κ1) is 13.0. The lowest BCUT2D eigenvalue weighted by molar-refractivity contribution is 0.0980. The van der Waals surface area contributed by atoms with Gasteiger partial charge in [0.15, 0.2) is 17.3 Å². The molecule has 0 atom stereocenters. The normalized spacial score (nSPS) is 9.47. The molecule has 4 heteroatoms. The Morgan fingerprint density at radius 2 is 2.00 bits per heavy atom. The lowest BCUT2D eigenvalue weighted by Gasteiger charge is -2.08. The Balaban J connectivity index is 2.78. The molecular weight excluding hydrogens is 218 g/mol. The van der Waals surface area contributed by atoms with E-state index in [-0.39, 0.29) is 5.78 Å². The summed E-state index contributed by atoms with van der Waals surface area (Å²) in [5.41, 5.74) is 0.584. The second kappa shape index (κ2) is 6.54. The molecule has 0 amide bonds. The van der Waals surface area contributed by atoms with Gasteiger partial charge in [0.05, 0.1) is 20.3 Å². The van der Waals surface area contributed by atoms with Gasteiger partial charge in [0.1, 0.15) is 0 Å². The summed E-state index contributed by atoms with van der Waals surface area (Å²) in [4.78, 5) is 11.8. The van der Waals surface area contributed by atoms with Gasteiger partial charge in [-0.1, -0.05) is 0 Å². The molecule has 0 bridgehead atoms. The van der Waals surface area contributed by atoms with Gasteiger partial charge >= 0.3 is 0 Å². The third kappa shape index (κ3) is 3.49. The number of methoxy groups -OCH3 is 2. The molecule has 0 unspecified atom stereocenters. The molecule has 90 valence electrons. The highest BCUT2D eigenvalue weighted by molar-refractivity contribution is 5.96. The number of nitrogens with zero attached hydrogens (tertiary/aromatic N) is 1. The molecule has 0 aliphatic rings. The Kier molecular flexibility index (Phi) is 5.02. The number of ether oxygens (including phenoxy) is 2. The molecule has 0 aliphatic heterocycles. The van der Waals surface area contributed by atoms with Crippen LogP contribution in [0.25, 0.3) is 0 Å². The zero-order valence-corrected chi connectivity index (χ0v) is 10.0. The van der Waals surface area contributed by atoms with E-state index in [4.69, 9.17) is 14.7 Å². The molecule has 1 aromatic carbocycles. The van der Waals surface area contributed by atoms with E-state index in [9.17, 15) is 4.79 Å². The highest BCUT2D eigenvalue weighted by Crippen LogP contribution is 2.28. The van der Waals surface area contributed by atoms with Crippen molar-refractivity contribution in [2.24, 2.45) is 0 Å². The fraction of sp³-hybridized carbons (Fsp3) is 0.385. The van der Waals surface area contributed by atoms with Crippen molar-refractivity contribution in [3.63, 3.8) is 0 Å². The van der Waals surface area contributed by atoms with E-state index in [0.717, 1.165) is 0 Å². The number of benzene rings is 1. The number of hydrogen-bond donors (Lipinski definition) is 0. The quantitative estimate of drug-likeness (QED) is 0.559. The molecule has 0 heterocycles. The van der Waals surface area contributed by atoms with Crippen LogP contribution in [0.4, 0.5) is 0 Å². The Labute approximate surface area is 101 Å². The van der Waals surface area contributed by atoms with E-state index in [1.54, 1.807) is 25.3 Å². The molecule has 0 radical (unpaired) electrons. The Hall–Kier alpha value is -2.02. The average Bonchev–Trinajstić information content (AvgIpc) is 2.38. The number of carbonyl (C=O) groups excluding carboxylic acids is 1. The third-order valence-electron chi connectivity index (χ3n) is 2.40. The smallest absolute Gasteiger partial charge is 0.163 e. The molecule has 1 rings (SSSR count). The molecule has 4 nitrogen and oxygen atoms in total. The molecule has 0 fully saturated rings. The predicted octanol–water partition coefficient (Wildman–Crippen LogP) is 2.58. The van der Waals surface area contributed by atoms with Gasteiger partial charge in [-0.05, 0) is 24.6 Å². The van der Waals surface area contributed by atoms with Gasteiger partial charge in [-0.25, -0.2) is 0 Å². The zero-order valence-electron chi connectivity index (χ0n) is 10.0. The van der Waals surface area contributed by atoms with E-state index >= 15 is 0 Å². The minimum absolute atomic E-state index is 0.0150. The lowest BCUT2D eigenvalue weighted by atomic mass is 10.1. The summed E-state index contributed by atoms with van der Waals surface area (Å²) < 4.78 is 10.2. The number of nitriles is 1. The van der Waals surface area contributed by atoms with Crippen LogP contribution in [0.3, 0.4) is 0 Å². The fourth-order valence-electron chi connectivity index (χ4n) is 1.48. The number of hydrogen-bond acceptors (Lipinski definition) is 4. The SMILES string of the molecule is COc1ccc(C(=O)CCCC#N)cc1OC. The van der Waals surface area contributed by atoms with Crippen LogP contribution in [0, 0.1) is 11.3 Å². The summed E-state index contributed by atoms with van der Waals surface area (Å²) in [7, 11) is 3.08. The molecule has 0 aliphatic carbocycles. The van der Waals surface area contributed by atoms with Crippen LogP contribution in [-0.2, 0) is 0 Å². The molecule has 0 saturated heterocycles. The van der Waals surface area contributed by atoms with Crippen LogP contribution >= 0.6 is 0 Å².